The monoisotopic (exact) mass is 374 g/mol. The Morgan fingerprint density at radius 3 is 2.38 bits per heavy atom. The fraction of sp³-hybridized carbons (Fsp3) is 0.421. The van der Waals surface area contributed by atoms with Gasteiger partial charge in [-0.15, -0.1) is 0 Å². The van der Waals surface area contributed by atoms with E-state index in [9.17, 15) is 9.59 Å². The van der Waals surface area contributed by atoms with Gasteiger partial charge in [0.2, 0.25) is 5.91 Å². The summed E-state index contributed by atoms with van der Waals surface area (Å²) in [5.74, 6) is 0.0376. The van der Waals surface area contributed by atoms with Crippen molar-refractivity contribution >= 4 is 23.3 Å². The summed E-state index contributed by atoms with van der Waals surface area (Å²) in [7, 11) is 0. The highest BCUT2D eigenvalue weighted by Crippen LogP contribution is 2.13. The molecule has 0 radical (unpaired) electrons. The van der Waals surface area contributed by atoms with Crippen molar-refractivity contribution in [2.45, 2.75) is 19.4 Å². The summed E-state index contributed by atoms with van der Waals surface area (Å²) < 4.78 is 2.06. The highest BCUT2D eigenvalue weighted by Gasteiger charge is 2.21. The van der Waals surface area contributed by atoms with Crippen LogP contribution in [0.15, 0.2) is 43.0 Å². The van der Waals surface area contributed by atoms with Crippen LogP contribution in [0.3, 0.4) is 0 Å². The van der Waals surface area contributed by atoms with Crippen LogP contribution in [0.25, 0.3) is 0 Å². The van der Waals surface area contributed by atoms with Crippen LogP contribution in [0.2, 0.25) is 5.02 Å². The number of piperazine rings is 1. The lowest BCUT2D eigenvalue weighted by atomic mass is 10.1. The van der Waals surface area contributed by atoms with E-state index in [2.05, 4.69) is 14.5 Å². The number of halogens is 1. The van der Waals surface area contributed by atoms with Gasteiger partial charge in [-0.25, -0.2) is 4.98 Å². The van der Waals surface area contributed by atoms with E-state index in [0.717, 1.165) is 39.3 Å². The number of Topliss-reactive ketones (excluding diaryl/α,β-unsaturated/α-hetero) is 1. The van der Waals surface area contributed by atoms with Crippen LogP contribution < -0.4 is 0 Å². The number of carbonyl (C=O) groups is 2. The van der Waals surface area contributed by atoms with Gasteiger partial charge in [-0.2, -0.15) is 0 Å². The molecule has 1 aromatic carbocycles. The van der Waals surface area contributed by atoms with Crippen molar-refractivity contribution in [2.24, 2.45) is 0 Å². The average Bonchev–Trinajstić information content (AvgIpc) is 3.19. The first-order chi connectivity index (χ1) is 12.6. The molecule has 0 spiro atoms. The molecule has 0 N–H and O–H groups in total. The van der Waals surface area contributed by atoms with Gasteiger partial charge < -0.3 is 9.47 Å². The van der Waals surface area contributed by atoms with E-state index in [0.29, 0.717) is 10.6 Å². The summed E-state index contributed by atoms with van der Waals surface area (Å²) >= 11 is 5.83. The van der Waals surface area contributed by atoms with Crippen molar-refractivity contribution in [3.05, 3.63) is 53.6 Å². The number of rotatable bonds is 7. The lowest BCUT2D eigenvalue weighted by Crippen LogP contribution is -2.49. The number of benzene rings is 1. The minimum Gasteiger partial charge on any atom is -0.340 e. The molecule has 7 heteroatoms. The molecule has 0 atom stereocenters. The SMILES string of the molecule is O=C(CCC(=O)N1CCN(CCn2ccnc2)CC1)c1ccc(Cl)cc1. The molecule has 2 heterocycles. The van der Waals surface area contributed by atoms with Crippen molar-refractivity contribution in [3.8, 4) is 0 Å². The molecule has 0 bridgehead atoms. The second-order valence-electron chi connectivity index (χ2n) is 6.45. The molecule has 3 rings (SSSR count). The van der Waals surface area contributed by atoms with Gasteiger partial charge in [-0.05, 0) is 24.3 Å². The van der Waals surface area contributed by atoms with Gasteiger partial charge in [0.15, 0.2) is 5.78 Å². The maximum Gasteiger partial charge on any atom is 0.223 e. The molecule has 1 fully saturated rings. The molecule has 1 aliphatic rings. The molecule has 6 nitrogen and oxygen atoms in total. The van der Waals surface area contributed by atoms with E-state index in [1.807, 2.05) is 17.4 Å². The van der Waals surface area contributed by atoms with E-state index < -0.39 is 0 Å². The largest absolute Gasteiger partial charge is 0.340 e. The van der Waals surface area contributed by atoms with Gasteiger partial charge in [-0.3, -0.25) is 14.5 Å². The third kappa shape index (κ3) is 5.16. The normalized spacial score (nSPS) is 15.2. The summed E-state index contributed by atoms with van der Waals surface area (Å²) in [5.41, 5.74) is 0.603. The molecule has 138 valence electrons. The molecular formula is C19H23ClN4O2. The standard InChI is InChI=1S/C19H23ClN4O2/c20-17-3-1-16(2-4-17)18(25)5-6-19(26)24-13-11-22(12-14-24)9-10-23-8-7-21-15-23/h1-4,7-8,15H,5-6,9-14H2. The van der Waals surface area contributed by atoms with E-state index in [1.165, 1.54) is 0 Å². The Kier molecular flexibility index (Phi) is 6.41. The molecule has 1 saturated heterocycles. The third-order valence-corrected chi connectivity index (χ3v) is 4.94. The number of carbonyl (C=O) groups excluding carboxylic acids is 2. The van der Waals surface area contributed by atoms with Crippen molar-refractivity contribution in [1.29, 1.82) is 0 Å². The molecule has 0 aliphatic carbocycles. The average molecular weight is 375 g/mol. The molecule has 0 unspecified atom stereocenters. The van der Waals surface area contributed by atoms with Crippen LogP contribution in [0.5, 0.6) is 0 Å². The Balaban J connectivity index is 1.38. The number of amides is 1. The van der Waals surface area contributed by atoms with Crippen molar-refractivity contribution < 1.29 is 9.59 Å². The quantitative estimate of drug-likeness (QED) is 0.698. The smallest absolute Gasteiger partial charge is 0.223 e. The highest BCUT2D eigenvalue weighted by molar-refractivity contribution is 6.30. The molecule has 2 aromatic rings. The van der Waals surface area contributed by atoms with Gasteiger partial charge in [0.1, 0.15) is 0 Å². The minimum absolute atomic E-state index is 0.0195. The van der Waals surface area contributed by atoms with Gasteiger partial charge in [0.05, 0.1) is 6.33 Å². The zero-order chi connectivity index (χ0) is 18.4. The predicted octanol–water partition coefficient (Wildman–Crippen LogP) is 2.34. The Morgan fingerprint density at radius 1 is 1.00 bits per heavy atom. The molecule has 0 saturated carbocycles. The predicted molar refractivity (Wildman–Crippen MR) is 100 cm³/mol. The molecule has 1 aromatic heterocycles. The summed E-state index contributed by atoms with van der Waals surface area (Å²) in [6.07, 6.45) is 6.05. The summed E-state index contributed by atoms with van der Waals surface area (Å²) in [5, 5.41) is 0.600. The second kappa shape index (κ2) is 8.96. The Labute approximate surface area is 158 Å². The zero-order valence-corrected chi connectivity index (χ0v) is 15.4. The lowest BCUT2D eigenvalue weighted by molar-refractivity contribution is -0.132. The van der Waals surface area contributed by atoms with Crippen LogP contribution in [-0.2, 0) is 11.3 Å². The lowest BCUT2D eigenvalue weighted by Gasteiger charge is -2.34. The van der Waals surface area contributed by atoms with E-state index in [1.54, 1.807) is 30.5 Å². The number of ketones is 1. The second-order valence-corrected chi connectivity index (χ2v) is 6.89. The first-order valence-electron chi connectivity index (χ1n) is 8.86. The highest BCUT2D eigenvalue weighted by atomic mass is 35.5. The van der Waals surface area contributed by atoms with Crippen LogP contribution in [0, 0.1) is 0 Å². The van der Waals surface area contributed by atoms with Gasteiger partial charge in [0.25, 0.3) is 0 Å². The van der Waals surface area contributed by atoms with E-state index in [-0.39, 0.29) is 24.5 Å². The molecule has 1 aliphatic heterocycles. The summed E-state index contributed by atoms with van der Waals surface area (Å²) in [6.45, 7) is 5.03. The van der Waals surface area contributed by atoms with Gasteiger partial charge >= 0.3 is 0 Å². The van der Waals surface area contributed by atoms with E-state index >= 15 is 0 Å². The van der Waals surface area contributed by atoms with Crippen LogP contribution in [-0.4, -0.2) is 63.8 Å². The number of hydrogen-bond donors (Lipinski definition) is 0. The first kappa shape index (κ1) is 18.6. The third-order valence-electron chi connectivity index (χ3n) is 4.69. The van der Waals surface area contributed by atoms with Crippen molar-refractivity contribution in [2.75, 3.05) is 32.7 Å². The zero-order valence-electron chi connectivity index (χ0n) is 14.7. The van der Waals surface area contributed by atoms with Crippen LogP contribution in [0.4, 0.5) is 0 Å². The topological polar surface area (TPSA) is 58.4 Å². The Hall–Kier alpha value is -2.18. The maximum atomic E-state index is 12.4. The molecule has 1 amide bonds. The van der Waals surface area contributed by atoms with Crippen molar-refractivity contribution in [3.63, 3.8) is 0 Å². The van der Waals surface area contributed by atoms with Crippen molar-refractivity contribution in [1.82, 2.24) is 19.4 Å². The number of nitrogens with zero attached hydrogens (tertiary/aromatic N) is 4. The number of aromatic nitrogens is 2. The number of hydrogen-bond acceptors (Lipinski definition) is 4. The molecule has 26 heavy (non-hydrogen) atoms. The maximum absolute atomic E-state index is 12.4. The fourth-order valence-corrected chi connectivity index (χ4v) is 3.18. The van der Waals surface area contributed by atoms with E-state index in [4.69, 9.17) is 11.6 Å². The summed E-state index contributed by atoms with van der Waals surface area (Å²) in [4.78, 5) is 32.8. The minimum atomic E-state index is -0.0195. The fourth-order valence-electron chi connectivity index (χ4n) is 3.06. The van der Waals surface area contributed by atoms with Crippen LogP contribution in [0.1, 0.15) is 23.2 Å². The van der Waals surface area contributed by atoms with Crippen LogP contribution >= 0.6 is 11.6 Å². The Bertz CT molecular complexity index is 723. The summed E-state index contributed by atoms with van der Waals surface area (Å²) in [6, 6.07) is 6.79. The number of imidazole rings is 1. The molecular weight excluding hydrogens is 352 g/mol. The first-order valence-corrected chi connectivity index (χ1v) is 9.24. The Morgan fingerprint density at radius 2 is 1.73 bits per heavy atom. The van der Waals surface area contributed by atoms with Gasteiger partial charge in [-0.1, -0.05) is 11.6 Å². The van der Waals surface area contributed by atoms with Gasteiger partial charge in [0, 0.05) is 75.1 Å².